The Kier molecular flexibility index (Phi) is 6.22. The number of para-hydroxylation sites is 1. The Hall–Kier alpha value is -1.88. The summed E-state index contributed by atoms with van der Waals surface area (Å²) in [4.78, 5) is 26.0. The summed E-state index contributed by atoms with van der Waals surface area (Å²) in [6.07, 6.45) is 0.609. The SMILES string of the molecule is CCC1(CC)CC(=O)N(C[C@@H](O)COc2ccccc2C(C)C)C1=O. The zero-order valence-electron chi connectivity index (χ0n) is 15.6. The number of imide groups is 1. The number of β-amino-alcohol motifs (C(OH)–C–C–N with tert-alkyl or cyclic N) is 1. The molecule has 1 aliphatic rings. The van der Waals surface area contributed by atoms with Gasteiger partial charge in [0, 0.05) is 6.42 Å². The lowest BCUT2D eigenvalue weighted by Gasteiger charge is -2.25. The van der Waals surface area contributed by atoms with E-state index in [1.165, 1.54) is 4.90 Å². The highest BCUT2D eigenvalue weighted by Crippen LogP contribution is 2.39. The fraction of sp³-hybridized carbons (Fsp3) is 0.600. The molecule has 5 heteroatoms. The lowest BCUT2D eigenvalue weighted by Crippen LogP contribution is -2.41. The van der Waals surface area contributed by atoms with E-state index in [4.69, 9.17) is 4.74 Å². The first-order chi connectivity index (χ1) is 11.8. The second-order valence-corrected chi connectivity index (χ2v) is 7.13. The Labute approximate surface area is 150 Å². The van der Waals surface area contributed by atoms with Crippen molar-refractivity contribution < 1.29 is 19.4 Å². The van der Waals surface area contributed by atoms with Crippen LogP contribution in [0.5, 0.6) is 5.75 Å². The van der Waals surface area contributed by atoms with Gasteiger partial charge in [0.25, 0.3) is 0 Å². The molecule has 1 saturated heterocycles. The smallest absolute Gasteiger partial charge is 0.235 e. The summed E-state index contributed by atoms with van der Waals surface area (Å²) in [5, 5.41) is 10.3. The van der Waals surface area contributed by atoms with Crippen molar-refractivity contribution in [2.45, 2.75) is 59.0 Å². The predicted octanol–water partition coefficient (Wildman–Crippen LogP) is 3.12. The van der Waals surface area contributed by atoms with Crippen molar-refractivity contribution in [3.05, 3.63) is 29.8 Å². The Morgan fingerprint density at radius 2 is 1.84 bits per heavy atom. The van der Waals surface area contributed by atoms with Gasteiger partial charge >= 0.3 is 0 Å². The molecule has 2 rings (SSSR count). The molecule has 1 aliphatic heterocycles. The van der Waals surface area contributed by atoms with Crippen LogP contribution in [0.4, 0.5) is 0 Å². The number of benzene rings is 1. The van der Waals surface area contributed by atoms with E-state index in [9.17, 15) is 14.7 Å². The van der Waals surface area contributed by atoms with E-state index in [1.54, 1.807) is 0 Å². The second kappa shape index (κ2) is 8.00. The van der Waals surface area contributed by atoms with Gasteiger partial charge in [0.05, 0.1) is 12.0 Å². The number of nitrogens with zero attached hydrogens (tertiary/aromatic N) is 1. The first kappa shape index (κ1) is 19.4. The first-order valence-electron chi connectivity index (χ1n) is 9.09. The molecule has 0 aliphatic carbocycles. The van der Waals surface area contributed by atoms with Gasteiger partial charge in [-0.3, -0.25) is 14.5 Å². The summed E-state index contributed by atoms with van der Waals surface area (Å²) in [6, 6.07) is 7.71. The standard InChI is InChI=1S/C20H29NO4/c1-5-20(6-2)11-18(23)21(19(20)24)12-15(22)13-25-17-10-8-7-9-16(17)14(3)4/h7-10,14-15,22H,5-6,11-13H2,1-4H3/t15-/m1/s1. The van der Waals surface area contributed by atoms with Crippen molar-refractivity contribution in [2.75, 3.05) is 13.2 Å². The highest BCUT2D eigenvalue weighted by molar-refractivity contribution is 6.05. The van der Waals surface area contributed by atoms with Crippen LogP contribution in [0.1, 0.15) is 58.4 Å². The summed E-state index contributed by atoms with van der Waals surface area (Å²) in [7, 11) is 0. The molecule has 0 unspecified atom stereocenters. The molecule has 1 N–H and O–H groups in total. The minimum atomic E-state index is -0.905. The van der Waals surface area contributed by atoms with E-state index in [1.807, 2.05) is 38.1 Å². The Morgan fingerprint density at radius 3 is 2.40 bits per heavy atom. The van der Waals surface area contributed by atoms with Crippen molar-refractivity contribution in [3.63, 3.8) is 0 Å². The average molecular weight is 347 g/mol. The summed E-state index contributed by atoms with van der Waals surface area (Å²) in [6.45, 7) is 8.06. The number of hydrogen-bond donors (Lipinski definition) is 1. The van der Waals surface area contributed by atoms with E-state index in [2.05, 4.69) is 13.8 Å². The molecule has 1 fully saturated rings. The van der Waals surface area contributed by atoms with Crippen LogP contribution in [0.2, 0.25) is 0 Å². The molecule has 0 saturated carbocycles. The normalized spacial score (nSPS) is 18.1. The van der Waals surface area contributed by atoms with Crippen LogP contribution < -0.4 is 4.74 Å². The molecule has 1 aromatic rings. The third kappa shape index (κ3) is 4.03. The Balaban J connectivity index is 1.98. The predicted molar refractivity (Wildman–Crippen MR) is 96.4 cm³/mol. The minimum absolute atomic E-state index is 0.0107. The molecule has 138 valence electrons. The van der Waals surface area contributed by atoms with Crippen LogP contribution in [-0.2, 0) is 9.59 Å². The highest BCUT2D eigenvalue weighted by atomic mass is 16.5. The number of rotatable bonds is 8. The molecule has 25 heavy (non-hydrogen) atoms. The molecule has 5 nitrogen and oxygen atoms in total. The summed E-state index contributed by atoms with van der Waals surface area (Å²) in [5.74, 6) is 0.677. The largest absolute Gasteiger partial charge is 0.491 e. The monoisotopic (exact) mass is 347 g/mol. The van der Waals surface area contributed by atoms with Gasteiger partial charge in [-0.25, -0.2) is 0 Å². The molecular formula is C20H29NO4. The van der Waals surface area contributed by atoms with E-state index in [-0.39, 0.29) is 31.4 Å². The number of carbonyl (C=O) groups is 2. The first-order valence-corrected chi connectivity index (χ1v) is 9.09. The molecule has 0 radical (unpaired) electrons. The minimum Gasteiger partial charge on any atom is -0.491 e. The van der Waals surface area contributed by atoms with E-state index < -0.39 is 11.5 Å². The zero-order valence-corrected chi connectivity index (χ0v) is 15.6. The Morgan fingerprint density at radius 1 is 1.20 bits per heavy atom. The van der Waals surface area contributed by atoms with Crippen molar-refractivity contribution in [2.24, 2.45) is 5.41 Å². The van der Waals surface area contributed by atoms with Gasteiger partial charge in [0.15, 0.2) is 0 Å². The van der Waals surface area contributed by atoms with E-state index in [0.717, 1.165) is 11.3 Å². The molecule has 1 aromatic carbocycles. The number of likely N-dealkylation sites (tertiary alicyclic amines) is 1. The number of ether oxygens (including phenoxy) is 1. The van der Waals surface area contributed by atoms with Crippen LogP contribution >= 0.6 is 0 Å². The van der Waals surface area contributed by atoms with Gasteiger partial charge in [-0.05, 0) is 30.4 Å². The van der Waals surface area contributed by atoms with E-state index >= 15 is 0 Å². The fourth-order valence-corrected chi connectivity index (χ4v) is 3.39. The third-order valence-corrected chi connectivity index (χ3v) is 5.21. The van der Waals surface area contributed by atoms with Gasteiger partial charge in [0.1, 0.15) is 18.5 Å². The van der Waals surface area contributed by atoms with Crippen LogP contribution in [0.3, 0.4) is 0 Å². The molecule has 0 aromatic heterocycles. The van der Waals surface area contributed by atoms with Crippen molar-refractivity contribution in [3.8, 4) is 5.75 Å². The summed E-state index contributed by atoms with van der Waals surface area (Å²) in [5.41, 5.74) is 0.473. The average Bonchev–Trinajstić information content (AvgIpc) is 2.84. The lowest BCUT2D eigenvalue weighted by atomic mass is 9.81. The van der Waals surface area contributed by atoms with Gasteiger partial charge in [-0.15, -0.1) is 0 Å². The van der Waals surface area contributed by atoms with Gasteiger partial charge in [0.2, 0.25) is 11.8 Å². The lowest BCUT2D eigenvalue weighted by molar-refractivity contribution is -0.143. The second-order valence-electron chi connectivity index (χ2n) is 7.13. The fourth-order valence-electron chi connectivity index (χ4n) is 3.39. The van der Waals surface area contributed by atoms with Crippen LogP contribution in [-0.4, -0.2) is 41.1 Å². The van der Waals surface area contributed by atoms with Gasteiger partial charge in [-0.1, -0.05) is 45.9 Å². The Bertz CT molecular complexity index is 622. The number of amides is 2. The van der Waals surface area contributed by atoms with Gasteiger partial charge < -0.3 is 9.84 Å². The van der Waals surface area contributed by atoms with Crippen molar-refractivity contribution in [1.29, 1.82) is 0 Å². The molecular weight excluding hydrogens is 318 g/mol. The maximum atomic E-state index is 12.6. The zero-order chi connectivity index (χ0) is 18.6. The number of carbonyl (C=O) groups excluding carboxylic acids is 2. The van der Waals surface area contributed by atoms with Crippen LogP contribution in [0.25, 0.3) is 0 Å². The number of aliphatic hydroxyl groups is 1. The maximum Gasteiger partial charge on any atom is 0.235 e. The molecule has 0 bridgehead atoms. The third-order valence-electron chi connectivity index (χ3n) is 5.21. The maximum absolute atomic E-state index is 12.6. The molecule has 0 spiro atoms. The van der Waals surface area contributed by atoms with E-state index in [0.29, 0.717) is 18.8 Å². The van der Waals surface area contributed by atoms with Crippen LogP contribution in [0.15, 0.2) is 24.3 Å². The van der Waals surface area contributed by atoms with Crippen molar-refractivity contribution in [1.82, 2.24) is 4.90 Å². The number of aliphatic hydroxyl groups excluding tert-OH is 1. The van der Waals surface area contributed by atoms with Gasteiger partial charge in [-0.2, -0.15) is 0 Å². The molecule has 1 heterocycles. The molecule has 2 amide bonds. The van der Waals surface area contributed by atoms with Crippen molar-refractivity contribution >= 4 is 11.8 Å². The molecule has 1 atom stereocenters. The highest BCUT2D eigenvalue weighted by Gasteiger charge is 2.49. The summed E-state index contributed by atoms with van der Waals surface area (Å²) >= 11 is 0. The quantitative estimate of drug-likeness (QED) is 0.734. The van der Waals surface area contributed by atoms with Crippen LogP contribution in [0, 0.1) is 5.41 Å². The summed E-state index contributed by atoms with van der Waals surface area (Å²) < 4.78 is 5.75. The topological polar surface area (TPSA) is 66.8 Å². The number of hydrogen-bond acceptors (Lipinski definition) is 4.